The third-order valence-corrected chi connectivity index (χ3v) is 5.08. The lowest BCUT2D eigenvalue weighted by atomic mass is 9.88. The fourth-order valence-electron chi connectivity index (χ4n) is 3.38. The average molecular weight is 402 g/mol. The van der Waals surface area contributed by atoms with E-state index in [2.05, 4.69) is 0 Å². The van der Waals surface area contributed by atoms with Gasteiger partial charge in [-0.2, -0.15) is 0 Å². The fourth-order valence-corrected chi connectivity index (χ4v) is 3.38. The number of halogens is 1. The second-order valence-electron chi connectivity index (χ2n) is 6.98. The average Bonchev–Trinajstić information content (AvgIpc) is 2.70. The van der Waals surface area contributed by atoms with Crippen LogP contribution in [0.25, 0.3) is 0 Å². The molecule has 156 valence electrons. The predicted octanol–water partition coefficient (Wildman–Crippen LogP) is 4.16. The summed E-state index contributed by atoms with van der Waals surface area (Å²) in [6, 6.07) is 8.37. The standard InChI is InChI=1S/C23H27FO5/c1-13-8-7-9-16(22(13)24)10-17-11-18(20(29-6)12-19(17)28-5)23(26)21(14(2)25)15(3)27-4/h7-9,11-12,15,21H,10H2,1-6H3. The highest BCUT2D eigenvalue weighted by Gasteiger charge is 2.33. The minimum atomic E-state index is -0.967. The van der Waals surface area contributed by atoms with E-state index in [-0.39, 0.29) is 29.3 Å². The van der Waals surface area contributed by atoms with E-state index in [1.165, 1.54) is 28.3 Å². The quantitative estimate of drug-likeness (QED) is 0.465. The molecule has 0 aliphatic carbocycles. The predicted molar refractivity (Wildman–Crippen MR) is 108 cm³/mol. The summed E-state index contributed by atoms with van der Waals surface area (Å²) in [6.07, 6.45) is -0.365. The molecule has 0 aromatic heterocycles. The van der Waals surface area contributed by atoms with Crippen molar-refractivity contribution in [3.63, 3.8) is 0 Å². The molecule has 2 aromatic rings. The smallest absolute Gasteiger partial charge is 0.179 e. The Hall–Kier alpha value is -2.73. The van der Waals surface area contributed by atoms with Gasteiger partial charge < -0.3 is 14.2 Å². The number of methoxy groups -OCH3 is 3. The highest BCUT2D eigenvalue weighted by Crippen LogP contribution is 2.33. The third kappa shape index (κ3) is 4.82. The summed E-state index contributed by atoms with van der Waals surface area (Å²) in [5, 5.41) is 0. The van der Waals surface area contributed by atoms with Crippen LogP contribution in [0.3, 0.4) is 0 Å². The molecule has 29 heavy (non-hydrogen) atoms. The van der Waals surface area contributed by atoms with Crippen LogP contribution >= 0.6 is 0 Å². The molecule has 5 nitrogen and oxygen atoms in total. The molecule has 0 aliphatic heterocycles. The summed E-state index contributed by atoms with van der Waals surface area (Å²) in [5.74, 6) is -1.21. The largest absolute Gasteiger partial charge is 0.496 e. The maximum absolute atomic E-state index is 14.5. The molecule has 0 bridgehead atoms. The van der Waals surface area contributed by atoms with Crippen LogP contribution < -0.4 is 9.47 Å². The highest BCUT2D eigenvalue weighted by atomic mass is 19.1. The molecule has 0 fully saturated rings. The lowest BCUT2D eigenvalue weighted by Gasteiger charge is -2.21. The van der Waals surface area contributed by atoms with Gasteiger partial charge in [0, 0.05) is 19.6 Å². The Labute approximate surface area is 170 Å². The lowest BCUT2D eigenvalue weighted by Crippen LogP contribution is -2.33. The van der Waals surface area contributed by atoms with E-state index < -0.39 is 17.8 Å². The van der Waals surface area contributed by atoms with Gasteiger partial charge in [0.1, 0.15) is 29.0 Å². The van der Waals surface area contributed by atoms with Crippen LogP contribution in [0.1, 0.15) is 40.9 Å². The SMILES string of the molecule is COc1cc(OC)c(C(=O)C(C(C)=O)C(C)OC)cc1Cc1cccc(C)c1F. The number of Topliss-reactive ketones (excluding diaryl/α,β-unsaturated/α-hetero) is 2. The molecule has 0 N–H and O–H groups in total. The van der Waals surface area contributed by atoms with E-state index in [0.29, 0.717) is 22.4 Å². The van der Waals surface area contributed by atoms with Gasteiger partial charge in [-0.3, -0.25) is 9.59 Å². The Morgan fingerprint density at radius 2 is 1.69 bits per heavy atom. The second kappa shape index (κ2) is 9.65. The molecule has 2 atom stereocenters. The van der Waals surface area contributed by atoms with Crippen LogP contribution in [0, 0.1) is 18.7 Å². The lowest BCUT2D eigenvalue weighted by molar-refractivity contribution is -0.122. The summed E-state index contributed by atoms with van der Waals surface area (Å²) in [7, 11) is 4.39. The molecular weight excluding hydrogens is 375 g/mol. The Balaban J connectivity index is 2.58. The van der Waals surface area contributed by atoms with Crippen LogP contribution in [0.2, 0.25) is 0 Å². The van der Waals surface area contributed by atoms with Crippen molar-refractivity contribution < 1.29 is 28.2 Å². The normalized spacial score (nSPS) is 12.9. The van der Waals surface area contributed by atoms with Crippen LogP contribution in [0.4, 0.5) is 4.39 Å². The van der Waals surface area contributed by atoms with Crippen molar-refractivity contribution in [2.45, 2.75) is 33.3 Å². The van der Waals surface area contributed by atoms with Gasteiger partial charge in [0.15, 0.2) is 5.78 Å². The van der Waals surface area contributed by atoms with Crippen molar-refractivity contribution in [2.24, 2.45) is 5.92 Å². The van der Waals surface area contributed by atoms with E-state index in [9.17, 15) is 14.0 Å². The summed E-state index contributed by atoms with van der Waals surface area (Å²) < 4.78 is 30.6. The monoisotopic (exact) mass is 402 g/mol. The molecular formula is C23H27FO5. The number of rotatable bonds is 9. The first-order valence-corrected chi connectivity index (χ1v) is 9.31. The second-order valence-corrected chi connectivity index (χ2v) is 6.98. The minimum absolute atomic E-state index is 0.228. The number of ether oxygens (including phenoxy) is 3. The first-order valence-electron chi connectivity index (χ1n) is 9.31. The summed E-state index contributed by atoms with van der Waals surface area (Å²) >= 11 is 0. The molecule has 0 saturated heterocycles. The van der Waals surface area contributed by atoms with E-state index >= 15 is 0 Å². The van der Waals surface area contributed by atoms with Crippen molar-refractivity contribution in [3.05, 3.63) is 58.4 Å². The van der Waals surface area contributed by atoms with E-state index in [1.807, 2.05) is 0 Å². The number of carbonyl (C=O) groups is 2. The molecule has 0 amide bonds. The van der Waals surface area contributed by atoms with Crippen LogP contribution in [-0.4, -0.2) is 39.0 Å². The molecule has 2 unspecified atom stereocenters. The van der Waals surface area contributed by atoms with Crippen LogP contribution in [-0.2, 0) is 16.0 Å². The van der Waals surface area contributed by atoms with Crippen molar-refractivity contribution in [1.29, 1.82) is 0 Å². The Kier molecular flexibility index (Phi) is 7.51. The van der Waals surface area contributed by atoms with Gasteiger partial charge >= 0.3 is 0 Å². The number of hydrogen-bond donors (Lipinski definition) is 0. The molecule has 0 heterocycles. The van der Waals surface area contributed by atoms with E-state index in [0.717, 1.165) is 0 Å². The van der Waals surface area contributed by atoms with Crippen molar-refractivity contribution in [3.8, 4) is 11.5 Å². The Bertz CT molecular complexity index is 906. The highest BCUT2D eigenvalue weighted by molar-refractivity contribution is 6.12. The van der Waals surface area contributed by atoms with Crippen LogP contribution in [0.15, 0.2) is 30.3 Å². The van der Waals surface area contributed by atoms with Gasteiger partial charge in [-0.15, -0.1) is 0 Å². The van der Waals surface area contributed by atoms with Crippen molar-refractivity contribution in [2.75, 3.05) is 21.3 Å². The molecule has 6 heteroatoms. The number of ketones is 2. The summed E-state index contributed by atoms with van der Waals surface area (Å²) in [5.41, 5.74) is 1.88. The topological polar surface area (TPSA) is 61.8 Å². The van der Waals surface area contributed by atoms with Gasteiger partial charge in [-0.05, 0) is 43.5 Å². The molecule has 0 spiro atoms. The first kappa shape index (κ1) is 22.6. The van der Waals surface area contributed by atoms with Crippen LogP contribution in [0.5, 0.6) is 11.5 Å². The van der Waals surface area contributed by atoms with E-state index in [4.69, 9.17) is 14.2 Å². The van der Waals surface area contributed by atoms with Gasteiger partial charge in [0.25, 0.3) is 0 Å². The maximum Gasteiger partial charge on any atom is 0.179 e. The van der Waals surface area contributed by atoms with Gasteiger partial charge in [-0.25, -0.2) is 4.39 Å². The number of benzene rings is 2. The molecule has 0 saturated carbocycles. The Morgan fingerprint density at radius 1 is 1.03 bits per heavy atom. The maximum atomic E-state index is 14.5. The number of aryl methyl sites for hydroxylation is 1. The molecule has 0 radical (unpaired) electrons. The van der Waals surface area contributed by atoms with Crippen molar-refractivity contribution >= 4 is 11.6 Å². The van der Waals surface area contributed by atoms with Gasteiger partial charge in [0.2, 0.25) is 0 Å². The van der Waals surface area contributed by atoms with Gasteiger partial charge in [0.05, 0.1) is 25.9 Å². The minimum Gasteiger partial charge on any atom is -0.496 e. The third-order valence-electron chi connectivity index (χ3n) is 5.08. The zero-order valence-electron chi connectivity index (χ0n) is 17.7. The fraction of sp³-hybridized carbons (Fsp3) is 0.391. The number of hydrogen-bond acceptors (Lipinski definition) is 5. The molecule has 0 aliphatic rings. The Morgan fingerprint density at radius 3 is 2.24 bits per heavy atom. The number of carbonyl (C=O) groups excluding carboxylic acids is 2. The summed E-state index contributed by atoms with van der Waals surface area (Å²) in [4.78, 5) is 25.3. The van der Waals surface area contributed by atoms with Crippen molar-refractivity contribution in [1.82, 2.24) is 0 Å². The zero-order valence-corrected chi connectivity index (χ0v) is 17.7. The van der Waals surface area contributed by atoms with E-state index in [1.54, 1.807) is 44.2 Å². The molecule has 2 aromatic carbocycles. The summed E-state index contributed by atoms with van der Waals surface area (Å²) in [6.45, 7) is 4.72. The molecule has 2 rings (SSSR count). The van der Waals surface area contributed by atoms with Gasteiger partial charge in [-0.1, -0.05) is 18.2 Å². The first-order chi connectivity index (χ1) is 13.7. The zero-order chi connectivity index (χ0) is 21.7.